The number of fused-ring (bicyclic) bond motifs is 4. The van der Waals surface area contributed by atoms with E-state index < -0.39 is 0 Å². The Labute approximate surface area is 309 Å². The van der Waals surface area contributed by atoms with Crippen LogP contribution in [0.25, 0.3) is 0 Å². The molecule has 258 valence electrons. The van der Waals surface area contributed by atoms with Crippen LogP contribution in [-0.2, 0) is 10.8 Å². The number of thioether (sulfide) groups is 2. The summed E-state index contributed by atoms with van der Waals surface area (Å²) in [7, 11) is 0. The maximum Gasteiger partial charge on any atom is 0.0507 e. The lowest BCUT2D eigenvalue weighted by atomic mass is 9.69. The van der Waals surface area contributed by atoms with Crippen LogP contribution in [-0.4, -0.2) is 11.5 Å². The van der Waals surface area contributed by atoms with Gasteiger partial charge in [-0.05, 0) is 119 Å². The molecule has 0 atom stereocenters. The second-order valence-corrected chi connectivity index (χ2v) is 17.3. The van der Waals surface area contributed by atoms with E-state index in [1.165, 1.54) is 116 Å². The number of rotatable bonds is 12. The lowest BCUT2D eigenvalue weighted by Gasteiger charge is -2.47. The van der Waals surface area contributed by atoms with E-state index in [2.05, 4.69) is 161 Å². The molecule has 5 aromatic rings. The minimum atomic E-state index is -0.198. The van der Waals surface area contributed by atoms with Gasteiger partial charge in [-0.15, -0.1) is 23.5 Å². The van der Waals surface area contributed by atoms with Crippen molar-refractivity contribution in [2.24, 2.45) is 0 Å². The van der Waals surface area contributed by atoms with E-state index in [0.717, 1.165) is 0 Å². The highest BCUT2D eigenvalue weighted by Gasteiger charge is 2.43. The van der Waals surface area contributed by atoms with E-state index in [4.69, 9.17) is 0 Å². The van der Waals surface area contributed by atoms with Crippen LogP contribution in [0.15, 0.2) is 119 Å². The number of unbranched alkanes of at least 4 members (excludes halogenated alkanes) is 4. The Hall–Kier alpha value is -3.60. The van der Waals surface area contributed by atoms with Gasteiger partial charge in [0.25, 0.3) is 0 Å². The molecule has 0 amide bonds. The summed E-state index contributed by atoms with van der Waals surface area (Å²) in [5.41, 5.74) is 12.7. The Morgan fingerprint density at radius 3 is 1.20 bits per heavy atom. The molecule has 0 saturated carbocycles. The fourth-order valence-corrected chi connectivity index (χ4v) is 9.79. The lowest BCUT2D eigenvalue weighted by molar-refractivity contribution is 0.613. The van der Waals surface area contributed by atoms with Crippen LogP contribution < -0.4 is 9.80 Å². The van der Waals surface area contributed by atoms with E-state index in [1.807, 2.05) is 23.5 Å². The number of hydrogen-bond donors (Lipinski definition) is 0. The summed E-state index contributed by atoms with van der Waals surface area (Å²) in [4.78, 5) is 7.79. The molecule has 4 heteroatoms. The summed E-state index contributed by atoms with van der Waals surface area (Å²) in [6.45, 7) is 14.3. The van der Waals surface area contributed by atoms with Crippen LogP contribution >= 0.6 is 23.5 Å². The predicted octanol–water partition coefficient (Wildman–Crippen LogP) is 14.5. The molecule has 0 spiro atoms. The Kier molecular flexibility index (Phi) is 10.1. The molecule has 7 rings (SSSR count). The minimum Gasteiger partial charge on any atom is -0.310 e. The number of para-hydroxylation sites is 2. The fourth-order valence-electron chi connectivity index (χ4n) is 7.89. The normalized spacial score (nSPS) is 15.2. The topological polar surface area (TPSA) is 6.48 Å². The molecule has 2 nitrogen and oxygen atoms in total. The molecule has 0 fully saturated rings. The molecule has 0 unspecified atom stereocenters. The van der Waals surface area contributed by atoms with Crippen LogP contribution in [0.5, 0.6) is 0 Å². The smallest absolute Gasteiger partial charge is 0.0507 e. The van der Waals surface area contributed by atoms with E-state index in [0.29, 0.717) is 0 Å². The highest BCUT2D eigenvalue weighted by Crippen LogP contribution is 2.59. The molecule has 2 aliphatic heterocycles. The SMILES string of the molecule is CCCCCSc1ccc2c(c1)C(C)(C)c1cc3c(cc1N2c1ccccc1)C(C)(C)c1cc(SCCCCC)ccc1N3c1ccccc1. The first-order chi connectivity index (χ1) is 24.3. The first kappa shape index (κ1) is 34.8. The standard InChI is InChI=1S/C46H52N2S2/c1-7-9-17-27-49-35-23-25-41-37(29-35)45(3,4)39-31-44-40(32-43(39)47(41)33-19-13-11-14-20-33)46(5,6)38-30-36(50-28-18-10-8-2)24-26-42(38)48(44)34-21-15-12-16-22-34/h11-16,19-26,29-32H,7-10,17-18,27-28H2,1-6H3. The summed E-state index contributed by atoms with van der Waals surface area (Å²) in [5, 5.41) is 0. The monoisotopic (exact) mass is 696 g/mol. The van der Waals surface area contributed by atoms with Crippen LogP contribution in [0.4, 0.5) is 34.1 Å². The molecular weight excluding hydrogens is 645 g/mol. The molecule has 0 bridgehead atoms. The summed E-state index contributed by atoms with van der Waals surface area (Å²) < 4.78 is 0. The van der Waals surface area contributed by atoms with Crippen molar-refractivity contribution in [2.75, 3.05) is 21.3 Å². The summed E-state index contributed by atoms with van der Waals surface area (Å²) in [5.74, 6) is 2.33. The van der Waals surface area contributed by atoms with Gasteiger partial charge in [0, 0.05) is 32.0 Å². The largest absolute Gasteiger partial charge is 0.310 e. The average molecular weight is 697 g/mol. The molecule has 5 aromatic carbocycles. The Morgan fingerprint density at radius 1 is 0.440 bits per heavy atom. The maximum atomic E-state index is 2.54. The quantitative estimate of drug-likeness (QED) is 0.0946. The molecule has 0 aliphatic carbocycles. The van der Waals surface area contributed by atoms with Crippen molar-refractivity contribution >= 4 is 57.6 Å². The number of nitrogens with zero attached hydrogens (tertiary/aromatic N) is 2. The van der Waals surface area contributed by atoms with Crippen LogP contribution in [0, 0.1) is 0 Å². The zero-order chi connectivity index (χ0) is 34.9. The molecule has 0 aromatic heterocycles. The minimum absolute atomic E-state index is 0.198. The van der Waals surface area contributed by atoms with Crippen molar-refractivity contribution in [3.63, 3.8) is 0 Å². The number of hydrogen-bond acceptors (Lipinski definition) is 4. The lowest BCUT2D eigenvalue weighted by Crippen LogP contribution is -2.35. The van der Waals surface area contributed by atoms with Crippen molar-refractivity contribution < 1.29 is 0 Å². The van der Waals surface area contributed by atoms with Gasteiger partial charge in [0.05, 0.1) is 22.7 Å². The molecule has 2 aliphatic rings. The van der Waals surface area contributed by atoms with E-state index in [-0.39, 0.29) is 10.8 Å². The second kappa shape index (κ2) is 14.6. The second-order valence-electron chi connectivity index (χ2n) is 14.9. The summed E-state index contributed by atoms with van der Waals surface area (Å²) in [6.07, 6.45) is 7.62. The predicted molar refractivity (Wildman–Crippen MR) is 221 cm³/mol. The highest BCUT2D eigenvalue weighted by molar-refractivity contribution is 7.99. The Bertz CT molecular complexity index is 1800. The molecular formula is C46H52N2S2. The third-order valence-corrected chi connectivity index (χ3v) is 12.9. The zero-order valence-corrected chi connectivity index (χ0v) is 32.4. The highest BCUT2D eigenvalue weighted by atomic mass is 32.2. The van der Waals surface area contributed by atoms with Gasteiger partial charge in [0.2, 0.25) is 0 Å². The molecule has 0 saturated heterocycles. The third kappa shape index (κ3) is 6.39. The fraction of sp³-hybridized carbons (Fsp3) is 0.348. The van der Waals surface area contributed by atoms with Gasteiger partial charge >= 0.3 is 0 Å². The number of anilines is 6. The summed E-state index contributed by atoms with van der Waals surface area (Å²) >= 11 is 4.01. The van der Waals surface area contributed by atoms with Crippen LogP contribution in [0.3, 0.4) is 0 Å². The van der Waals surface area contributed by atoms with Crippen molar-refractivity contribution in [1.29, 1.82) is 0 Å². The van der Waals surface area contributed by atoms with E-state index >= 15 is 0 Å². The molecule has 2 heterocycles. The van der Waals surface area contributed by atoms with Crippen LogP contribution in [0.1, 0.15) is 102 Å². The van der Waals surface area contributed by atoms with Crippen molar-refractivity contribution in [1.82, 2.24) is 0 Å². The van der Waals surface area contributed by atoms with Crippen LogP contribution in [0.2, 0.25) is 0 Å². The van der Waals surface area contributed by atoms with Crippen molar-refractivity contribution in [3.05, 3.63) is 131 Å². The molecule has 50 heavy (non-hydrogen) atoms. The van der Waals surface area contributed by atoms with Gasteiger partial charge in [0.1, 0.15) is 0 Å². The Morgan fingerprint density at radius 2 is 0.820 bits per heavy atom. The average Bonchev–Trinajstić information content (AvgIpc) is 3.13. The first-order valence-corrected chi connectivity index (χ1v) is 20.7. The maximum absolute atomic E-state index is 2.54. The molecule has 0 N–H and O–H groups in total. The summed E-state index contributed by atoms with van der Waals surface area (Å²) in [6, 6.07) is 41.5. The molecule has 0 radical (unpaired) electrons. The van der Waals surface area contributed by atoms with Gasteiger partial charge in [-0.25, -0.2) is 0 Å². The number of benzene rings is 5. The van der Waals surface area contributed by atoms with Crippen molar-refractivity contribution in [3.8, 4) is 0 Å². The van der Waals surface area contributed by atoms with E-state index in [9.17, 15) is 0 Å². The van der Waals surface area contributed by atoms with Gasteiger partial charge in [-0.2, -0.15) is 0 Å². The van der Waals surface area contributed by atoms with Crippen molar-refractivity contribution in [2.45, 2.75) is 101 Å². The first-order valence-electron chi connectivity index (χ1n) is 18.7. The van der Waals surface area contributed by atoms with Gasteiger partial charge in [-0.1, -0.05) is 104 Å². The zero-order valence-electron chi connectivity index (χ0n) is 30.8. The van der Waals surface area contributed by atoms with Gasteiger partial charge in [0.15, 0.2) is 0 Å². The van der Waals surface area contributed by atoms with E-state index in [1.54, 1.807) is 0 Å². The van der Waals surface area contributed by atoms with Gasteiger partial charge in [-0.3, -0.25) is 0 Å². The van der Waals surface area contributed by atoms with Gasteiger partial charge < -0.3 is 9.80 Å². The Balaban J connectivity index is 1.42. The third-order valence-electron chi connectivity index (χ3n) is 10.8.